The molecule has 23 heavy (non-hydrogen) atoms. The van der Waals surface area contributed by atoms with Gasteiger partial charge in [0.15, 0.2) is 5.82 Å². The van der Waals surface area contributed by atoms with Crippen LogP contribution >= 0.6 is 0 Å². The number of aromatic amines is 2. The van der Waals surface area contributed by atoms with E-state index in [4.69, 9.17) is 0 Å². The van der Waals surface area contributed by atoms with Crippen LogP contribution in [0.1, 0.15) is 35.3 Å². The molecule has 3 aromatic rings. The van der Waals surface area contributed by atoms with Gasteiger partial charge in [0.2, 0.25) is 0 Å². The minimum Gasteiger partial charge on any atom is -0.352 e. The van der Waals surface area contributed by atoms with Crippen LogP contribution in [-0.4, -0.2) is 32.6 Å². The molecule has 6 nitrogen and oxygen atoms in total. The van der Waals surface area contributed by atoms with Crippen molar-refractivity contribution in [2.24, 2.45) is 5.92 Å². The molecule has 3 N–H and O–H groups in total. The van der Waals surface area contributed by atoms with Crippen molar-refractivity contribution >= 4 is 16.9 Å². The van der Waals surface area contributed by atoms with Crippen LogP contribution in [0.4, 0.5) is 0 Å². The summed E-state index contributed by atoms with van der Waals surface area (Å²) in [7, 11) is 0. The van der Waals surface area contributed by atoms with Crippen LogP contribution in [0.15, 0.2) is 18.3 Å². The molecule has 0 atom stereocenters. The van der Waals surface area contributed by atoms with Crippen molar-refractivity contribution in [1.29, 1.82) is 0 Å². The first-order valence-corrected chi connectivity index (χ1v) is 7.75. The first kappa shape index (κ1) is 15.3. The van der Waals surface area contributed by atoms with Crippen molar-refractivity contribution in [2.45, 2.75) is 27.7 Å². The summed E-state index contributed by atoms with van der Waals surface area (Å²) in [5, 5.41) is 9.86. The van der Waals surface area contributed by atoms with Gasteiger partial charge in [0.05, 0.1) is 16.6 Å². The molecule has 0 spiro atoms. The maximum Gasteiger partial charge on any atom is 0.255 e. The summed E-state index contributed by atoms with van der Waals surface area (Å²) in [6.45, 7) is 8.86. The highest BCUT2D eigenvalue weighted by atomic mass is 16.1. The number of amides is 1. The fourth-order valence-corrected chi connectivity index (χ4v) is 2.42. The van der Waals surface area contributed by atoms with E-state index in [1.807, 2.05) is 6.07 Å². The minimum absolute atomic E-state index is 0.143. The zero-order chi connectivity index (χ0) is 16.6. The van der Waals surface area contributed by atoms with Gasteiger partial charge >= 0.3 is 0 Å². The number of aromatic nitrogens is 4. The standard InChI is InChI=1S/C17H21N5O/c1-9(2)7-18-17(23)12-8-19-22-15(12)16-20-13-5-10(3)11(4)6-14(13)21-16/h5-6,8-9H,7H2,1-4H3,(H,18,23)(H,19,22)(H,20,21). The van der Waals surface area contributed by atoms with E-state index in [1.54, 1.807) is 6.20 Å². The lowest BCUT2D eigenvalue weighted by Gasteiger charge is -2.06. The summed E-state index contributed by atoms with van der Waals surface area (Å²) in [6.07, 6.45) is 1.61. The Morgan fingerprint density at radius 2 is 2.00 bits per heavy atom. The smallest absolute Gasteiger partial charge is 0.255 e. The number of H-pyrrole nitrogens is 2. The van der Waals surface area contributed by atoms with E-state index in [0.717, 1.165) is 11.0 Å². The number of hydrogen-bond acceptors (Lipinski definition) is 3. The number of carbonyl (C=O) groups excluding carboxylic acids is 1. The Kier molecular flexibility index (Phi) is 3.90. The summed E-state index contributed by atoms with van der Waals surface area (Å²) in [4.78, 5) is 20.1. The van der Waals surface area contributed by atoms with Crippen LogP contribution in [0, 0.1) is 19.8 Å². The average Bonchev–Trinajstić information content (AvgIpc) is 3.11. The lowest BCUT2D eigenvalue weighted by atomic mass is 10.1. The van der Waals surface area contributed by atoms with Gasteiger partial charge in [0, 0.05) is 12.7 Å². The van der Waals surface area contributed by atoms with E-state index >= 15 is 0 Å². The van der Waals surface area contributed by atoms with Crippen LogP contribution in [-0.2, 0) is 0 Å². The van der Waals surface area contributed by atoms with E-state index < -0.39 is 0 Å². The Morgan fingerprint density at radius 3 is 2.74 bits per heavy atom. The first-order valence-electron chi connectivity index (χ1n) is 7.75. The molecule has 0 saturated carbocycles. The third-order valence-corrected chi connectivity index (χ3v) is 3.88. The second-order valence-electron chi connectivity index (χ2n) is 6.29. The molecular weight excluding hydrogens is 290 g/mol. The molecule has 6 heteroatoms. The quantitative estimate of drug-likeness (QED) is 0.692. The largest absolute Gasteiger partial charge is 0.352 e. The number of nitrogens with zero attached hydrogens (tertiary/aromatic N) is 2. The van der Waals surface area contributed by atoms with E-state index in [2.05, 4.69) is 59.2 Å². The average molecular weight is 311 g/mol. The van der Waals surface area contributed by atoms with Crippen LogP contribution < -0.4 is 5.32 Å². The second kappa shape index (κ2) is 5.87. The van der Waals surface area contributed by atoms with Crippen molar-refractivity contribution in [3.05, 3.63) is 35.0 Å². The molecule has 0 aliphatic carbocycles. The van der Waals surface area contributed by atoms with E-state index in [-0.39, 0.29) is 5.91 Å². The topological polar surface area (TPSA) is 86.5 Å². The monoisotopic (exact) mass is 311 g/mol. The van der Waals surface area contributed by atoms with Crippen LogP contribution in [0.25, 0.3) is 22.6 Å². The second-order valence-corrected chi connectivity index (χ2v) is 6.29. The number of rotatable bonds is 4. The number of imidazole rings is 1. The highest BCUT2D eigenvalue weighted by molar-refractivity contribution is 5.99. The van der Waals surface area contributed by atoms with Crippen molar-refractivity contribution < 1.29 is 4.79 Å². The van der Waals surface area contributed by atoms with Crippen LogP contribution in [0.5, 0.6) is 0 Å². The van der Waals surface area contributed by atoms with E-state index in [0.29, 0.717) is 29.5 Å². The lowest BCUT2D eigenvalue weighted by molar-refractivity contribution is 0.0949. The summed E-state index contributed by atoms with van der Waals surface area (Å²) in [6, 6.07) is 4.10. The fourth-order valence-electron chi connectivity index (χ4n) is 2.42. The highest BCUT2D eigenvalue weighted by Gasteiger charge is 2.18. The number of carbonyl (C=O) groups is 1. The molecule has 0 radical (unpaired) electrons. The molecule has 0 aliphatic rings. The molecule has 0 bridgehead atoms. The van der Waals surface area contributed by atoms with Gasteiger partial charge in [-0.25, -0.2) is 4.98 Å². The van der Waals surface area contributed by atoms with Gasteiger partial charge in [-0.2, -0.15) is 5.10 Å². The van der Waals surface area contributed by atoms with Crippen molar-refractivity contribution in [1.82, 2.24) is 25.5 Å². The first-order chi connectivity index (χ1) is 11.0. The van der Waals surface area contributed by atoms with Gasteiger partial charge in [0.25, 0.3) is 5.91 Å². The van der Waals surface area contributed by atoms with Crippen LogP contribution in [0.3, 0.4) is 0 Å². The Hall–Kier alpha value is -2.63. The van der Waals surface area contributed by atoms with Gasteiger partial charge in [-0.3, -0.25) is 9.89 Å². The van der Waals surface area contributed by atoms with Crippen molar-refractivity contribution in [3.63, 3.8) is 0 Å². The van der Waals surface area contributed by atoms with Gasteiger partial charge in [-0.05, 0) is 43.0 Å². The van der Waals surface area contributed by atoms with Crippen molar-refractivity contribution in [2.75, 3.05) is 6.54 Å². The molecule has 0 fully saturated rings. The van der Waals surface area contributed by atoms with Crippen molar-refractivity contribution in [3.8, 4) is 11.5 Å². The van der Waals surface area contributed by atoms with Gasteiger partial charge < -0.3 is 10.3 Å². The summed E-state index contributed by atoms with van der Waals surface area (Å²) < 4.78 is 0. The third kappa shape index (κ3) is 2.97. The molecule has 0 saturated heterocycles. The molecule has 0 unspecified atom stereocenters. The fraction of sp³-hybridized carbons (Fsp3) is 0.353. The van der Waals surface area contributed by atoms with Gasteiger partial charge in [-0.1, -0.05) is 13.8 Å². The predicted octanol–water partition coefficient (Wildman–Crippen LogP) is 2.96. The normalized spacial score (nSPS) is 11.3. The van der Waals surface area contributed by atoms with E-state index in [1.165, 1.54) is 11.1 Å². The summed E-state index contributed by atoms with van der Waals surface area (Å²) >= 11 is 0. The minimum atomic E-state index is -0.143. The Morgan fingerprint density at radius 1 is 1.26 bits per heavy atom. The number of hydrogen-bond donors (Lipinski definition) is 3. The molecule has 3 rings (SSSR count). The van der Waals surface area contributed by atoms with E-state index in [9.17, 15) is 4.79 Å². The maximum atomic E-state index is 12.3. The number of fused-ring (bicyclic) bond motifs is 1. The Bertz CT molecular complexity index is 820. The maximum absolute atomic E-state index is 12.3. The Labute approximate surface area is 134 Å². The third-order valence-electron chi connectivity index (χ3n) is 3.88. The molecule has 2 aromatic heterocycles. The SMILES string of the molecule is Cc1cc2nc(-c3n[nH]cc3C(=O)NCC(C)C)[nH]c2cc1C. The van der Waals surface area contributed by atoms with Gasteiger partial charge in [0.1, 0.15) is 5.69 Å². The zero-order valence-electron chi connectivity index (χ0n) is 13.8. The zero-order valence-corrected chi connectivity index (χ0v) is 13.8. The lowest BCUT2D eigenvalue weighted by Crippen LogP contribution is -2.27. The van der Waals surface area contributed by atoms with Gasteiger partial charge in [-0.15, -0.1) is 0 Å². The van der Waals surface area contributed by atoms with Crippen LogP contribution in [0.2, 0.25) is 0 Å². The number of benzene rings is 1. The highest BCUT2D eigenvalue weighted by Crippen LogP contribution is 2.24. The molecular formula is C17H21N5O. The molecule has 1 amide bonds. The molecule has 0 aliphatic heterocycles. The predicted molar refractivity (Wildman–Crippen MR) is 90.3 cm³/mol. The summed E-state index contributed by atoms with van der Waals surface area (Å²) in [5.41, 5.74) is 5.24. The molecule has 1 aromatic carbocycles. The Balaban J connectivity index is 1.97. The summed E-state index contributed by atoms with van der Waals surface area (Å²) in [5.74, 6) is 0.850. The molecule has 120 valence electrons. The molecule has 2 heterocycles. The number of nitrogens with one attached hydrogen (secondary N) is 3. The number of aryl methyl sites for hydroxylation is 2.